The van der Waals surface area contributed by atoms with E-state index in [1.54, 1.807) is 24.4 Å². The quantitative estimate of drug-likeness (QED) is 0.877. The van der Waals surface area contributed by atoms with Crippen LogP contribution in [0.3, 0.4) is 0 Å². The van der Waals surface area contributed by atoms with E-state index in [2.05, 4.69) is 15.2 Å². The number of nitrogen functional groups attached to an aromatic ring is 1. The summed E-state index contributed by atoms with van der Waals surface area (Å²) in [6.45, 7) is 0. The highest BCUT2D eigenvalue weighted by atomic mass is 32.2. The first-order valence-corrected chi connectivity index (χ1v) is 6.47. The largest absolute Gasteiger partial charge is 0.480 e. The van der Waals surface area contributed by atoms with E-state index < -0.39 is 10.8 Å². The molecule has 0 spiro atoms. The first-order valence-electron chi connectivity index (χ1n) is 5.15. The number of pyridine rings is 1. The van der Waals surface area contributed by atoms with Crippen molar-refractivity contribution in [2.45, 2.75) is 10.6 Å². The van der Waals surface area contributed by atoms with E-state index in [-0.39, 0.29) is 5.75 Å². The average Bonchev–Trinajstić information content (AvgIpc) is 2.40. The molecule has 18 heavy (non-hydrogen) atoms. The predicted octanol–water partition coefficient (Wildman–Crippen LogP) is 0.770. The van der Waals surface area contributed by atoms with Gasteiger partial charge in [-0.15, -0.1) is 5.10 Å². The molecule has 0 aromatic carbocycles. The number of rotatable bonds is 4. The van der Waals surface area contributed by atoms with Gasteiger partial charge in [0.25, 0.3) is 0 Å². The maximum atomic E-state index is 12.1. The highest BCUT2D eigenvalue weighted by molar-refractivity contribution is 7.84. The zero-order chi connectivity index (χ0) is 13.0. The molecular weight excluding hydrogens is 252 g/mol. The number of hydrogen-bond acceptors (Lipinski definition) is 6. The molecule has 2 N–H and O–H groups in total. The summed E-state index contributed by atoms with van der Waals surface area (Å²) in [6.07, 6.45) is 3.04. The molecule has 0 aliphatic rings. The van der Waals surface area contributed by atoms with E-state index in [1.807, 2.05) is 0 Å². The molecule has 0 saturated heterocycles. The lowest BCUT2D eigenvalue weighted by molar-refractivity contribution is 0.391. The van der Waals surface area contributed by atoms with Crippen molar-refractivity contribution >= 4 is 16.5 Å². The van der Waals surface area contributed by atoms with Crippen LogP contribution in [-0.2, 0) is 16.6 Å². The van der Waals surface area contributed by atoms with Crippen molar-refractivity contribution < 1.29 is 8.95 Å². The van der Waals surface area contributed by atoms with E-state index >= 15 is 0 Å². The van der Waals surface area contributed by atoms with E-state index in [1.165, 1.54) is 13.3 Å². The standard InChI is InChI=1S/C11H12N4O2S/c1-17-11-3-2-8(14-15-11)7-18(16)10-4-5-13-6-9(10)12/h2-6H,7,12H2,1H3. The van der Waals surface area contributed by atoms with Gasteiger partial charge in [-0.1, -0.05) is 0 Å². The zero-order valence-electron chi connectivity index (χ0n) is 9.74. The third-order valence-corrected chi connectivity index (χ3v) is 3.66. The summed E-state index contributed by atoms with van der Waals surface area (Å²) in [5.41, 5.74) is 6.74. The molecule has 94 valence electrons. The van der Waals surface area contributed by atoms with Crippen LogP contribution in [0.5, 0.6) is 5.88 Å². The molecule has 0 bridgehead atoms. The smallest absolute Gasteiger partial charge is 0.233 e. The van der Waals surface area contributed by atoms with Gasteiger partial charge in [-0.2, -0.15) is 5.10 Å². The molecule has 6 nitrogen and oxygen atoms in total. The first-order chi connectivity index (χ1) is 8.70. The molecule has 0 amide bonds. The summed E-state index contributed by atoms with van der Waals surface area (Å²) in [6, 6.07) is 5.04. The molecule has 2 heterocycles. The van der Waals surface area contributed by atoms with Crippen molar-refractivity contribution in [3.63, 3.8) is 0 Å². The van der Waals surface area contributed by atoms with Crippen LogP contribution in [0.2, 0.25) is 0 Å². The van der Waals surface area contributed by atoms with E-state index in [0.29, 0.717) is 22.2 Å². The number of aromatic nitrogens is 3. The lowest BCUT2D eigenvalue weighted by Gasteiger charge is -2.04. The Hall–Kier alpha value is -2.02. The molecule has 0 saturated carbocycles. The Labute approximate surface area is 107 Å². The molecule has 0 aliphatic heterocycles. The summed E-state index contributed by atoms with van der Waals surface area (Å²) >= 11 is 0. The minimum Gasteiger partial charge on any atom is -0.480 e. The second-order valence-electron chi connectivity index (χ2n) is 3.47. The molecule has 0 radical (unpaired) electrons. The lowest BCUT2D eigenvalue weighted by atomic mass is 10.4. The minimum absolute atomic E-state index is 0.255. The average molecular weight is 264 g/mol. The Morgan fingerprint density at radius 1 is 1.33 bits per heavy atom. The van der Waals surface area contributed by atoms with Crippen LogP contribution < -0.4 is 10.5 Å². The fourth-order valence-electron chi connectivity index (χ4n) is 1.35. The first kappa shape index (κ1) is 12.4. The summed E-state index contributed by atoms with van der Waals surface area (Å²) in [5, 5.41) is 7.74. The van der Waals surface area contributed by atoms with E-state index in [0.717, 1.165) is 0 Å². The summed E-state index contributed by atoms with van der Waals surface area (Å²) in [4.78, 5) is 4.41. The maximum absolute atomic E-state index is 12.1. The molecule has 7 heteroatoms. The molecule has 0 aliphatic carbocycles. The Morgan fingerprint density at radius 2 is 2.17 bits per heavy atom. The Balaban J connectivity index is 2.14. The van der Waals surface area contributed by atoms with Crippen LogP contribution in [0.1, 0.15) is 5.69 Å². The second kappa shape index (κ2) is 5.54. The van der Waals surface area contributed by atoms with Gasteiger partial charge < -0.3 is 10.5 Å². The van der Waals surface area contributed by atoms with Gasteiger partial charge in [0.1, 0.15) is 0 Å². The van der Waals surface area contributed by atoms with Gasteiger partial charge in [0.2, 0.25) is 5.88 Å². The van der Waals surface area contributed by atoms with Crippen molar-refractivity contribution in [2.24, 2.45) is 0 Å². The number of nitrogens with two attached hydrogens (primary N) is 1. The normalized spacial score (nSPS) is 12.1. The van der Waals surface area contributed by atoms with Crippen molar-refractivity contribution in [3.05, 3.63) is 36.3 Å². The number of hydrogen-bond donors (Lipinski definition) is 1. The molecule has 2 rings (SSSR count). The SMILES string of the molecule is COc1ccc(CS(=O)c2ccncc2N)nn1. The summed E-state index contributed by atoms with van der Waals surface area (Å²) < 4.78 is 17.0. The molecule has 1 atom stereocenters. The molecule has 0 fully saturated rings. The predicted molar refractivity (Wildman–Crippen MR) is 67.3 cm³/mol. The van der Waals surface area contributed by atoms with E-state index in [9.17, 15) is 4.21 Å². The number of anilines is 1. The third kappa shape index (κ3) is 2.80. The van der Waals surface area contributed by atoms with Gasteiger partial charge in [0.05, 0.1) is 46.1 Å². The van der Waals surface area contributed by atoms with E-state index in [4.69, 9.17) is 10.5 Å². The van der Waals surface area contributed by atoms with Gasteiger partial charge in [0, 0.05) is 12.3 Å². The zero-order valence-corrected chi connectivity index (χ0v) is 10.6. The third-order valence-electron chi connectivity index (χ3n) is 2.24. The Morgan fingerprint density at radius 3 is 2.78 bits per heavy atom. The minimum atomic E-state index is -1.26. The van der Waals surface area contributed by atoms with Crippen LogP contribution >= 0.6 is 0 Å². The lowest BCUT2D eigenvalue weighted by Crippen LogP contribution is -2.03. The van der Waals surface area contributed by atoms with Gasteiger partial charge in [-0.05, 0) is 12.1 Å². The molecule has 1 unspecified atom stereocenters. The van der Waals surface area contributed by atoms with Crippen molar-refractivity contribution in [1.29, 1.82) is 0 Å². The fourth-order valence-corrected chi connectivity index (χ4v) is 2.45. The van der Waals surface area contributed by atoms with Crippen molar-refractivity contribution in [3.8, 4) is 5.88 Å². The van der Waals surface area contributed by atoms with Crippen LogP contribution in [0.15, 0.2) is 35.5 Å². The van der Waals surface area contributed by atoms with Gasteiger partial charge in [-0.25, -0.2) is 0 Å². The van der Waals surface area contributed by atoms with Gasteiger partial charge in [0.15, 0.2) is 0 Å². The maximum Gasteiger partial charge on any atom is 0.233 e. The fraction of sp³-hybridized carbons (Fsp3) is 0.182. The highest BCUT2D eigenvalue weighted by Gasteiger charge is 2.10. The van der Waals surface area contributed by atoms with Crippen molar-refractivity contribution in [1.82, 2.24) is 15.2 Å². The van der Waals surface area contributed by atoms with Crippen molar-refractivity contribution in [2.75, 3.05) is 12.8 Å². The summed E-state index contributed by atoms with van der Waals surface area (Å²) in [7, 11) is 0.251. The van der Waals surface area contributed by atoms with Crippen LogP contribution in [0.25, 0.3) is 0 Å². The van der Waals surface area contributed by atoms with Gasteiger partial charge >= 0.3 is 0 Å². The Kier molecular flexibility index (Phi) is 3.83. The molecule has 2 aromatic heterocycles. The number of nitrogens with zero attached hydrogens (tertiary/aromatic N) is 3. The number of ether oxygens (including phenoxy) is 1. The Bertz CT molecular complexity index is 559. The van der Waals surface area contributed by atoms with Gasteiger partial charge in [-0.3, -0.25) is 9.19 Å². The van der Waals surface area contributed by atoms with Crippen LogP contribution in [0.4, 0.5) is 5.69 Å². The second-order valence-corrected chi connectivity index (χ2v) is 4.89. The van der Waals surface area contributed by atoms with Crippen LogP contribution in [0, 0.1) is 0 Å². The molecular formula is C11H12N4O2S. The summed E-state index contributed by atoms with van der Waals surface area (Å²) in [5.74, 6) is 0.679. The van der Waals surface area contributed by atoms with Crippen LogP contribution in [-0.4, -0.2) is 26.5 Å². The topological polar surface area (TPSA) is 91.0 Å². The monoisotopic (exact) mass is 264 g/mol. The molecule has 2 aromatic rings. The number of methoxy groups -OCH3 is 1. The highest BCUT2D eigenvalue weighted by Crippen LogP contribution is 2.17.